The summed E-state index contributed by atoms with van der Waals surface area (Å²) in [5.41, 5.74) is 2.31. The summed E-state index contributed by atoms with van der Waals surface area (Å²) < 4.78 is 0. The van der Waals surface area contributed by atoms with Crippen molar-refractivity contribution >= 4 is 23.6 Å². The predicted molar refractivity (Wildman–Crippen MR) is 76.5 cm³/mol. The molecule has 0 heterocycles. The standard InChI is InChI=1S/C14H19NO3S/c1-4-11(14(17)18)15-13(16)8-19-12-6-5-9(2)7-10(12)3/h5-7,11H,4,8H2,1-3H3,(H,15,16)(H,17,18). The molecule has 0 spiro atoms. The van der Waals surface area contributed by atoms with Gasteiger partial charge in [0.05, 0.1) is 5.75 Å². The first-order valence-corrected chi connectivity index (χ1v) is 7.14. The normalized spacial score (nSPS) is 11.9. The molecule has 1 amide bonds. The van der Waals surface area contributed by atoms with Crippen molar-refractivity contribution in [3.8, 4) is 0 Å². The lowest BCUT2D eigenvalue weighted by Gasteiger charge is -2.12. The molecule has 5 heteroatoms. The third-order valence-electron chi connectivity index (χ3n) is 2.73. The van der Waals surface area contributed by atoms with E-state index in [1.807, 2.05) is 26.0 Å². The summed E-state index contributed by atoms with van der Waals surface area (Å²) in [7, 11) is 0. The van der Waals surface area contributed by atoms with Crippen molar-refractivity contribution in [3.63, 3.8) is 0 Å². The number of carbonyl (C=O) groups excluding carboxylic acids is 1. The molecule has 1 atom stereocenters. The number of rotatable bonds is 6. The molecule has 0 saturated heterocycles. The number of carboxylic acids is 1. The summed E-state index contributed by atoms with van der Waals surface area (Å²) in [6.07, 6.45) is 0.384. The third kappa shape index (κ3) is 4.95. The number of aryl methyl sites for hydroxylation is 2. The molecule has 104 valence electrons. The maximum atomic E-state index is 11.7. The molecule has 0 fully saturated rings. The molecule has 0 aromatic heterocycles. The molecule has 0 radical (unpaired) electrons. The van der Waals surface area contributed by atoms with Crippen LogP contribution in [0.4, 0.5) is 0 Å². The molecule has 0 aliphatic carbocycles. The van der Waals surface area contributed by atoms with Crippen LogP contribution in [0.25, 0.3) is 0 Å². The lowest BCUT2D eigenvalue weighted by molar-refractivity contribution is -0.141. The summed E-state index contributed by atoms with van der Waals surface area (Å²) in [5, 5.41) is 11.4. The third-order valence-corrected chi connectivity index (χ3v) is 3.91. The molecule has 0 saturated carbocycles. The average Bonchev–Trinajstić information content (AvgIpc) is 2.34. The second-order valence-electron chi connectivity index (χ2n) is 4.42. The Hall–Kier alpha value is -1.49. The van der Waals surface area contributed by atoms with Crippen LogP contribution < -0.4 is 5.32 Å². The zero-order valence-corrected chi connectivity index (χ0v) is 12.2. The number of hydrogen-bond donors (Lipinski definition) is 2. The highest BCUT2D eigenvalue weighted by Crippen LogP contribution is 2.22. The molecule has 1 rings (SSSR count). The number of benzene rings is 1. The zero-order chi connectivity index (χ0) is 14.4. The largest absolute Gasteiger partial charge is 0.480 e. The molecular weight excluding hydrogens is 262 g/mol. The topological polar surface area (TPSA) is 66.4 Å². The van der Waals surface area contributed by atoms with E-state index in [0.717, 1.165) is 10.5 Å². The molecule has 1 aromatic rings. The lowest BCUT2D eigenvalue weighted by atomic mass is 10.2. The van der Waals surface area contributed by atoms with Crippen molar-refractivity contribution in [2.75, 3.05) is 5.75 Å². The van der Waals surface area contributed by atoms with Crippen LogP contribution in [0.3, 0.4) is 0 Å². The Morgan fingerprint density at radius 3 is 2.58 bits per heavy atom. The van der Waals surface area contributed by atoms with Crippen LogP contribution in [0.15, 0.2) is 23.1 Å². The van der Waals surface area contributed by atoms with Crippen LogP contribution in [0.1, 0.15) is 24.5 Å². The van der Waals surface area contributed by atoms with Crippen molar-refractivity contribution in [2.24, 2.45) is 0 Å². The molecule has 19 heavy (non-hydrogen) atoms. The van der Waals surface area contributed by atoms with Gasteiger partial charge in [-0.3, -0.25) is 4.79 Å². The van der Waals surface area contributed by atoms with Crippen molar-refractivity contribution < 1.29 is 14.7 Å². The van der Waals surface area contributed by atoms with Crippen molar-refractivity contribution in [2.45, 2.75) is 38.1 Å². The quantitative estimate of drug-likeness (QED) is 0.786. The monoisotopic (exact) mass is 281 g/mol. The number of thioether (sulfide) groups is 1. The first-order valence-electron chi connectivity index (χ1n) is 6.16. The Labute approximate surface area is 117 Å². The van der Waals surface area contributed by atoms with Gasteiger partial charge in [-0.2, -0.15) is 0 Å². The number of aliphatic carboxylic acids is 1. The second kappa shape index (κ2) is 7.19. The van der Waals surface area contributed by atoms with E-state index in [2.05, 4.69) is 11.4 Å². The van der Waals surface area contributed by atoms with E-state index in [-0.39, 0.29) is 11.7 Å². The van der Waals surface area contributed by atoms with Gasteiger partial charge in [0.15, 0.2) is 0 Å². The van der Waals surface area contributed by atoms with Gasteiger partial charge in [0.1, 0.15) is 6.04 Å². The van der Waals surface area contributed by atoms with Crippen molar-refractivity contribution in [1.29, 1.82) is 0 Å². The number of nitrogens with one attached hydrogen (secondary N) is 1. The zero-order valence-electron chi connectivity index (χ0n) is 11.4. The van der Waals surface area contributed by atoms with Gasteiger partial charge in [0, 0.05) is 4.90 Å². The highest BCUT2D eigenvalue weighted by molar-refractivity contribution is 8.00. The summed E-state index contributed by atoms with van der Waals surface area (Å²) in [4.78, 5) is 23.5. The van der Waals surface area contributed by atoms with E-state index in [9.17, 15) is 9.59 Å². The van der Waals surface area contributed by atoms with E-state index in [1.165, 1.54) is 17.3 Å². The van der Waals surface area contributed by atoms with Crippen LogP contribution in [0.5, 0.6) is 0 Å². The SMILES string of the molecule is CCC(NC(=O)CSc1ccc(C)cc1C)C(=O)O. The van der Waals surface area contributed by atoms with Crippen molar-refractivity contribution in [1.82, 2.24) is 5.32 Å². The summed E-state index contributed by atoms with van der Waals surface area (Å²) in [6, 6.07) is 5.25. The fraction of sp³-hybridized carbons (Fsp3) is 0.429. The molecule has 2 N–H and O–H groups in total. The highest BCUT2D eigenvalue weighted by Gasteiger charge is 2.17. The van der Waals surface area contributed by atoms with Crippen LogP contribution >= 0.6 is 11.8 Å². The second-order valence-corrected chi connectivity index (χ2v) is 5.44. The molecule has 0 bridgehead atoms. The van der Waals surface area contributed by atoms with Crippen LogP contribution in [-0.4, -0.2) is 28.8 Å². The number of hydrogen-bond acceptors (Lipinski definition) is 3. The van der Waals surface area contributed by atoms with Gasteiger partial charge in [-0.05, 0) is 31.9 Å². The minimum atomic E-state index is -0.993. The number of carbonyl (C=O) groups is 2. The Morgan fingerprint density at radius 1 is 1.37 bits per heavy atom. The molecule has 1 unspecified atom stereocenters. The predicted octanol–water partition coefficient (Wildman–Crippen LogP) is 2.37. The first-order chi connectivity index (χ1) is 8.93. The van der Waals surface area contributed by atoms with Gasteiger partial charge in [0.2, 0.25) is 5.91 Å². The molecule has 4 nitrogen and oxygen atoms in total. The van der Waals surface area contributed by atoms with E-state index < -0.39 is 12.0 Å². The minimum absolute atomic E-state index is 0.230. The minimum Gasteiger partial charge on any atom is -0.480 e. The van der Waals surface area contributed by atoms with Crippen LogP contribution in [-0.2, 0) is 9.59 Å². The van der Waals surface area contributed by atoms with Gasteiger partial charge in [-0.25, -0.2) is 4.79 Å². The number of amides is 1. The fourth-order valence-electron chi connectivity index (χ4n) is 1.68. The van der Waals surface area contributed by atoms with Crippen molar-refractivity contribution in [3.05, 3.63) is 29.3 Å². The van der Waals surface area contributed by atoms with Gasteiger partial charge < -0.3 is 10.4 Å². The van der Waals surface area contributed by atoms with Gasteiger partial charge in [0.25, 0.3) is 0 Å². The van der Waals surface area contributed by atoms with E-state index >= 15 is 0 Å². The molecule has 0 aliphatic rings. The molecular formula is C14H19NO3S. The smallest absolute Gasteiger partial charge is 0.326 e. The summed E-state index contributed by atoms with van der Waals surface area (Å²) >= 11 is 1.42. The number of carboxylic acid groups (broad SMARTS) is 1. The van der Waals surface area contributed by atoms with Crippen LogP contribution in [0, 0.1) is 13.8 Å². The van der Waals surface area contributed by atoms with Gasteiger partial charge >= 0.3 is 5.97 Å². The first kappa shape index (κ1) is 15.6. The molecule has 0 aliphatic heterocycles. The van der Waals surface area contributed by atoms with Crippen LogP contribution in [0.2, 0.25) is 0 Å². The molecule has 1 aromatic carbocycles. The van der Waals surface area contributed by atoms with E-state index in [4.69, 9.17) is 5.11 Å². The Balaban J connectivity index is 2.52. The van der Waals surface area contributed by atoms with Gasteiger partial charge in [-0.15, -0.1) is 11.8 Å². The van der Waals surface area contributed by atoms with E-state index in [0.29, 0.717) is 6.42 Å². The highest BCUT2D eigenvalue weighted by atomic mass is 32.2. The van der Waals surface area contributed by atoms with Gasteiger partial charge in [-0.1, -0.05) is 24.6 Å². The summed E-state index contributed by atoms with van der Waals surface area (Å²) in [5.74, 6) is -1.01. The summed E-state index contributed by atoms with van der Waals surface area (Å²) in [6.45, 7) is 5.75. The van der Waals surface area contributed by atoms with E-state index in [1.54, 1.807) is 6.92 Å². The average molecular weight is 281 g/mol. The lowest BCUT2D eigenvalue weighted by Crippen LogP contribution is -2.41. The maximum absolute atomic E-state index is 11.7. The Kier molecular flexibility index (Phi) is 5.89. The Bertz CT molecular complexity index is 474. The fourth-order valence-corrected chi connectivity index (χ4v) is 2.50. The maximum Gasteiger partial charge on any atom is 0.326 e. The Morgan fingerprint density at radius 2 is 2.05 bits per heavy atom.